The number of nitrogens with two attached hydrogens (primary N) is 1. The standard InChI is InChI=1S/C12H23NO3S/c1-9(7-14)8-17-6-4-10-3-2-5-12(10,13)11(15)16/h9-10,14H,2-8,13H2,1H3,(H,15,16). The number of aliphatic carboxylic acids is 1. The lowest BCUT2D eigenvalue weighted by molar-refractivity contribution is -0.144. The minimum Gasteiger partial charge on any atom is -0.480 e. The second kappa shape index (κ2) is 6.61. The Labute approximate surface area is 107 Å². The minimum absolute atomic E-state index is 0.108. The van der Waals surface area contributed by atoms with E-state index in [1.54, 1.807) is 11.8 Å². The molecule has 0 aromatic rings. The van der Waals surface area contributed by atoms with E-state index in [0.29, 0.717) is 12.3 Å². The molecule has 0 saturated heterocycles. The van der Waals surface area contributed by atoms with Gasteiger partial charge in [-0.15, -0.1) is 0 Å². The Morgan fingerprint density at radius 2 is 2.35 bits per heavy atom. The Balaban J connectivity index is 2.29. The van der Waals surface area contributed by atoms with Gasteiger partial charge in [0.2, 0.25) is 0 Å². The molecular formula is C12H23NO3S. The van der Waals surface area contributed by atoms with Crippen LogP contribution < -0.4 is 5.73 Å². The Bertz CT molecular complexity index is 262. The predicted octanol–water partition coefficient (Wildman–Crippen LogP) is 1.32. The van der Waals surface area contributed by atoms with E-state index in [2.05, 4.69) is 0 Å². The summed E-state index contributed by atoms with van der Waals surface area (Å²) in [5.74, 6) is 1.42. The van der Waals surface area contributed by atoms with Crippen LogP contribution in [0.3, 0.4) is 0 Å². The predicted molar refractivity (Wildman–Crippen MR) is 70.1 cm³/mol. The molecule has 5 heteroatoms. The van der Waals surface area contributed by atoms with E-state index in [9.17, 15) is 4.79 Å². The first kappa shape index (κ1) is 14.8. The molecule has 4 nitrogen and oxygen atoms in total. The van der Waals surface area contributed by atoms with Crippen LogP contribution >= 0.6 is 11.8 Å². The highest BCUT2D eigenvalue weighted by molar-refractivity contribution is 7.99. The number of carbonyl (C=O) groups is 1. The second-order valence-electron chi connectivity index (χ2n) is 5.09. The summed E-state index contributed by atoms with van der Waals surface area (Å²) in [6.45, 7) is 2.22. The van der Waals surface area contributed by atoms with Gasteiger partial charge in [-0.1, -0.05) is 13.3 Å². The first-order chi connectivity index (χ1) is 8.00. The van der Waals surface area contributed by atoms with Crippen molar-refractivity contribution >= 4 is 17.7 Å². The molecule has 1 aliphatic carbocycles. The zero-order valence-electron chi connectivity index (χ0n) is 10.4. The van der Waals surface area contributed by atoms with Crippen LogP contribution in [0.5, 0.6) is 0 Å². The normalized spacial score (nSPS) is 30.4. The van der Waals surface area contributed by atoms with Crippen LogP contribution in [0.25, 0.3) is 0 Å². The van der Waals surface area contributed by atoms with E-state index in [4.69, 9.17) is 15.9 Å². The van der Waals surface area contributed by atoms with Crippen molar-refractivity contribution in [3.05, 3.63) is 0 Å². The average Bonchev–Trinajstić information content (AvgIpc) is 2.67. The Morgan fingerprint density at radius 3 is 2.94 bits per heavy atom. The number of aliphatic hydroxyl groups is 1. The van der Waals surface area contributed by atoms with Crippen LogP contribution in [-0.4, -0.2) is 39.8 Å². The number of aliphatic hydroxyl groups excluding tert-OH is 1. The number of hydrogen-bond acceptors (Lipinski definition) is 4. The smallest absolute Gasteiger partial charge is 0.323 e. The summed E-state index contributed by atoms with van der Waals surface area (Å²) in [6.07, 6.45) is 3.32. The van der Waals surface area contributed by atoms with Gasteiger partial charge in [0.05, 0.1) is 0 Å². The molecule has 1 saturated carbocycles. The Kier molecular flexibility index (Phi) is 5.76. The summed E-state index contributed by atoms with van der Waals surface area (Å²) >= 11 is 1.78. The third kappa shape index (κ3) is 3.86. The first-order valence-electron chi connectivity index (χ1n) is 6.21. The molecule has 1 aliphatic rings. The number of rotatable bonds is 7. The van der Waals surface area contributed by atoms with Crippen molar-refractivity contribution in [2.24, 2.45) is 17.6 Å². The van der Waals surface area contributed by atoms with Crippen LogP contribution in [-0.2, 0) is 4.79 Å². The van der Waals surface area contributed by atoms with Crippen LogP contribution in [0.1, 0.15) is 32.6 Å². The number of hydrogen-bond donors (Lipinski definition) is 3. The molecular weight excluding hydrogens is 238 g/mol. The lowest BCUT2D eigenvalue weighted by atomic mass is 9.86. The maximum atomic E-state index is 11.2. The topological polar surface area (TPSA) is 83.5 Å². The fraction of sp³-hybridized carbons (Fsp3) is 0.917. The fourth-order valence-corrected chi connectivity index (χ4v) is 3.47. The molecule has 1 rings (SSSR count). The molecule has 1 fully saturated rings. The van der Waals surface area contributed by atoms with E-state index >= 15 is 0 Å². The number of carboxylic acids is 1. The largest absolute Gasteiger partial charge is 0.480 e. The molecule has 0 aromatic heterocycles. The van der Waals surface area contributed by atoms with Gasteiger partial charge in [0, 0.05) is 6.61 Å². The first-order valence-corrected chi connectivity index (χ1v) is 7.37. The van der Waals surface area contributed by atoms with Gasteiger partial charge in [0.15, 0.2) is 0 Å². The van der Waals surface area contributed by atoms with Crippen LogP contribution in [0.2, 0.25) is 0 Å². The van der Waals surface area contributed by atoms with E-state index in [-0.39, 0.29) is 12.5 Å². The highest BCUT2D eigenvalue weighted by atomic mass is 32.2. The molecule has 3 unspecified atom stereocenters. The number of thioether (sulfide) groups is 1. The monoisotopic (exact) mass is 261 g/mol. The molecule has 17 heavy (non-hydrogen) atoms. The van der Waals surface area contributed by atoms with E-state index in [0.717, 1.165) is 30.8 Å². The molecule has 4 N–H and O–H groups in total. The average molecular weight is 261 g/mol. The lowest BCUT2D eigenvalue weighted by Gasteiger charge is -2.26. The quantitative estimate of drug-likeness (QED) is 0.602. The van der Waals surface area contributed by atoms with Crippen LogP contribution in [0.4, 0.5) is 0 Å². The van der Waals surface area contributed by atoms with Gasteiger partial charge in [0.25, 0.3) is 0 Å². The highest BCUT2D eigenvalue weighted by Gasteiger charge is 2.45. The van der Waals surface area contributed by atoms with Crippen molar-refractivity contribution in [3.63, 3.8) is 0 Å². The molecule has 0 bridgehead atoms. The SMILES string of the molecule is CC(CO)CSCCC1CCCC1(N)C(=O)O. The van der Waals surface area contributed by atoms with Gasteiger partial charge in [-0.2, -0.15) is 11.8 Å². The van der Waals surface area contributed by atoms with Gasteiger partial charge in [-0.25, -0.2) is 0 Å². The highest BCUT2D eigenvalue weighted by Crippen LogP contribution is 2.37. The maximum Gasteiger partial charge on any atom is 0.323 e. The summed E-state index contributed by atoms with van der Waals surface area (Å²) in [6, 6.07) is 0. The zero-order valence-corrected chi connectivity index (χ0v) is 11.2. The molecule has 0 spiro atoms. The molecule has 0 amide bonds. The lowest BCUT2D eigenvalue weighted by Crippen LogP contribution is -2.51. The van der Waals surface area contributed by atoms with E-state index in [1.165, 1.54) is 0 Å². The molecule has 0 heterocycles. The van der Waals surface area contributed by atoms with Gasteiger partial charge in [0.1, 0.15) is 5.54 Å². The summed E-state index contributed by atoms with van der Waals surface area (Å²) in [5.41, 5.74) is 4.97. The third-order valence-electron chi connectivity index (χ3n) is 3.59. The van der Waals surface area contributed by atoms with Gasteiger partial charge in [-0.05, 0) is 42.6 Å². The maximum absolute atomic E-state index is 11.2. The minimum atomic E-state index is -0.997. The summed E-state index contributed by atoms with van der Waals surface area (Å²) in [7, 11) is 0. The summed E-state index contributed by atoms with van der Waals surface area (Å²) in [5, 5.41) is 18.1. The van der Waals surface area contributed by atoms with Crippen molar-refractivity contribution < 1.29 is 15.0 Å². The Morgan fingerprint density at radius 1 is 1.65 bits per heavy atom. The molecule has 3 atom stereocenters. The van der Waals surface area contributed by atoms with Crippen molar-refractivity contribution in [1.82, 2.24) is 0 Å². The van der Waals surface area contributed by atoms with Crippen LogP contribution in [0.15, 0.2) is 0 Å². The molecule has 100 valence electrons. The summed E-state index contributed by atoms with van der Waals surface area (Å²) < 4.78 is 0. The van der Waals surface area contributed by atoms with Crippen molar-refractivity contribution in [2.45, 2.75) is 38.1 Å². The van der Waals surface area contributed by atoms with Gasteiger partial charge >= 0.3 is 5.97 Å². The van der Waals surface area contributed by atoms with Gasteiger partial charge < -0.3 is 15.9 Å². The van der Waals surface area contributed by atoms with Crippen molar-refractivity contribution in [3.8, 4) is 0 Å². The van der Waals surface area contributed by atoms with E-state index in [1.807, 2.05) is 6.92 Å². The second-order valence-corrected chi connectivity index (χ2v) is 6.24. The summed E-state index contributed by atoms with van der Waals surface area (Å²) in [4.78, 5) is 11.2. The van der Waals surface area contributed by atoms with Crippen molar-refractivity contribution in [2.75, 3.05) is 18.1 Å². The van der Waals surface area contributed by atoms with E-state index < -0.39 is 11.5 Å². The molecule has 0 radical (unpaired) electrons. The molecule has 0 aliphatic heterocycles. The van der Waals surface area contributed by atoms with Crippen molar-refractivity contribution in [1.29, 1.82) is 0 Å². The van der Waals surface area contributed by atoms with Gasteiger partial charge in [-0.3, -0.25) is 4.79 Å². The third-order valence-corrected chi connectivity index (χ3v) is 4.92. The zero-order chi connectivity index (χ0) is 12.9. The molecule has 0 aromatic carbocycles. The fourth-order valence-electron chi connectivity index (χ4n) is 2.35. The Hall–Kier alpha value is -0.260. The van der Waals surface area contributed by atoms with Crippen LogP contribution in [0, 0.1) is 11.8 Å². The number of carboxylic acid groups (broad SMARTS) is 1.